The molecular formula is C23H18ClFN4O. The lowest BCUT2D eigenvalue weighted by Crippen LogP contribution is -2.15. The maximum atomic E-state index is 13.4. The Hall–Kier alpha value is -3.51. The molecule has 0 aliphatic rings. The van der Waals surface area contributed by atoms with Gasteiger partial charge < -0.3 is 5.32 Å². The van der Waals surface area contributed by atoms with Crippen molar-refractivity contribution in [2.75, 3.05) is 5.32 Å². The second kappa shape index (κ2) is 8.47. The van der Waals surface area contributed by atoms with Crippen molar-refractivity contribution in [3.63, 3.8) is 0 Å². The molecule has 2 aromatic carbocycles. The van der Waals surface area contributed by atoms with Crippen molar-refractivity contribution in [3.8, 4) is 22.4 Å². The van der Waals surface area contributed by atoms with E-state index in [1.807, 2.05) is 30.3 Å². The second-order valence-electron chi connectivity index (χ2n) is 6.75. The van der Waals surface area contributed by atoms with Gasteiger partial charge in [-0.15, -0.1) is 0 Å². The van der Waals surface area contributed by atoms with Crippen LogP contribution in [-0.4, -0.2) is 20.7 Å². The van der Waals surface area contributed by atoms with Crippen LogP contribution in [0.2, 0.25) is 5.02 Å². The Morgan fingerprint density at radius 2 is 1.73 bits per heavy atom. The van der Waals surface area contributed by atoms with Gasteiger partial charge in [0.1, 0.15) is 5.82 Å². The van der Waals surface area contributed by atoms with Gasteiger partial charge >= 0.3 is 0 Å². The lowest BCUT2D eigenvalue weighted by atomic mass is 10.0. The van der Waals surface area contributed by atoms with Gasteiger partial charge in [0.25, 0.3) is 0 Å². The van der Waals surface area contributed by atoms with Crippen molar-refractivity contribution in [2.24, 2.45) is 7.05 Å². The van der Waals surface area contributed by atoms with E-state index in [0.29, 0.717) is 10.8 Å². The van der Waals surface area contributed by atoms with Crippen LogP contribution >= 0.6 is 11.6 Å². The molecule has 0 bridgehead atoms. The van der Waals surface area contributed by atoms with E-state index in [4.69, 9.17) is 11.6 Å². The van der Waals surface area contributed by atoms with Crippen molar-refractivity contribution in [3.05, 3.63) is 89.5 Å². The molecule has 0 aliphatic heterocycles. The zero-order valence-electron chi connectivity index (χ0n) is 16.1. The fourth-order valence-electron chi connectivity index (χ4n) is 3.33. The first kappa shape index (κ1) is 19.8. The van der Waals surface area contributed by atoms with Crippen molar-refractivity contribution in [2.45, 2.75) is 6.42 Å². The average Bonchev–Trinajstić information content (AvgIpc) is 3.06. The first-order valence-electron chi connectivity index (χ1n) is 9.29. The fourth-order valence-corrected chi connectivity index (χ4v) is 3.54. The van der Waals surface area contributed by atoms with Crippen LogP contribution in [0.15, 0.2) is 73.1 Å². The predicted molar refractivity (Wildman–Crippen MR) is 116 cm³/mol. The quantitative estimate of drug-likeness (QED) is 0.487. The molecule has 1 N–H and O–H groups in total. The molecule has 0 radical (unpaired) electrons. The minimum atomic E-state index is -0.320. The van der Waals surface area contributed by atoms with Crippen LogP contribution in [0.1, 0.15) is 5.56 Å². The number of aromatic nitrogens is 3. The van der Waals surface area contributed by atoms with Gasteiger partial charge in [-0.2, -0.15) is 5.10 Å². The monoisotopic (exact) mass is 420 g/mol. The van der Waals surface area contributed by atoms with Crippen molar-refractivity contribution >= 4 is 23.3 Å². The highest BCUT2D eigenvalue weighted by molar-refractivity contribution is 6.31. The van der Waals surface area contributed by atoms with Crippen LogP contribution in [0.5, 0.6) is 0 Å². The van der Waals surface area contributed by atoms with Crippen LogP contribution in [0.4, 0.5) is 10.2 Å². The smallest absolute Gasteiger partial charge is 0.230 e. The van der Waals surface area contributed by atoms with Crippen LogP contribution in [0.3, 0.4) is 0 Å². The normalized spacial score (nSPS) is 10.8. The molecular weight excluding hydrogens is 403 g/mol. The summed E-state index contributed by atoms with van der Waals surface area (Å²) in [5.74, 6) is -0.137. The molecule has 0 saturated carbocycles. The van der Waals surface area contributed by atoms with Gasteiger partial charge in [-0.3, -0.25) is 14.5 Å². The third-order valence-corrected chi connectivity index (χ3v) is 5.07. The lowest BCUT2D eigenvalue weighted by Gasteiger charge is -2.09. The first-order valence-corrected chi connectivity index (χ1v) is 9.67. The fraction of sp³-hybridized carbons (Fsp3) is 0.0870. The van der Waals surface area contributed by atoms with E-state index in [0.717, 1.165) is 27.9 Å². The highest BCUT2D eigenvalue weighted by Crippen LogP contribution is 2.37. The highest BCUT2D eigenvalue weighted by atomic mass is 35.5. The van der Waals surface area contributed by atoms with E-state index < -0.39 is 0 Å². The van der Waals surface area contributed by atoms with Crippen LogP contribution < -0.4 is 5.32 Å². The average molecular weight is 421 g/mol. The number of halogens is 2. The van der Waals surface area contributed by atoms with Crippen molar-refractivity contribution < 1.29 is 9.18 Å². The minimum absolute atomic E-state index is 0.123. The predicted octanol–water partition coefficient (Wildman–Crippen LogP) is 5.12. The van der Waals surface area contributed by atoms with E-state index in [2.05, 4.69) is 15.4 Å². The number of carbonyl (C=O) groups is 1. The number of nitrogens with one attached hydrogen (secondary N) is 1. The van der Waals surface area contributed by atoms with Gasteiger partial charge in [0.15, 0.2) is 5.82 Å². The third kappa shape index (κ3) is 4.09. The number of benzene rings is 2. The SMILES string of the molecule is Cn1nc(NC(=O)Cc2ccccc2Cl)c(-c2ccncc2)c1-c1ccc(F)cc1. The maximum Gasteiger partial charge on any atom is 0.230 e. The van der Waals surface area contributed by atoms with Gasteiger partial charge in [0.2, 0.25) is 5.91 Å². The Bertz CT molecular complexity index is 1190. The molecule has 5 nitrogen and oxygen atoms in total. The molecule has 0 atom stereocenters. The van der Waals surface area contributed by atoms with Gasteiger partial charge in [0.05, 0.1) is 17.7 Å². The summed E-state index contributed by atoms with van der Waals surface area (Å²) in [5, 5.41) is 7.97. The van der Waals surface area contributed by atoms with Gasteiger partial charge in [0, 0.05) is 30.0 Å². The van der Waals surface area contributed by atoms with E-state index in [1.165, 1.54) is 12.1 Å². The number of pyridine rings is 1. The summed E-state index contributed by atoms with van der Waals surface area (Å²) in [5.41, 5.74) is 3.85. The summed E-state index contributed by atoms with van der Waals surface area (Å²) in [6, 6.07) is 17.1. The molecule has 0 aliphatic carbocycles. The minimum Gasteiger partial charge on any atom is -0.308 e. The largest absolute Gasteiger partial charge is 0.308 e. The molecule has 1 amide bonds. The second-order valence-corrected chi connectivity index (χ2v) is 7.16. The summed E-state index contributed by atoms with van der Waals surface area (Å²) in [4.78, 5) is 16.8. The molecule has 2 aromatic heterocycles. The standard InChI is InChI=1S/C23H18ClFN4O/c1-29-22(16-6-8-18(25)9-7-16)21(15-10-12-26-13-11-15)23(28-29)27-20(30)14-17-4-2-3-5-19(17)24/h2-13H,14H2,1H3,(H,27,28,30). The molecule has 30 heavy (non-hydrogen) atoms. The summed E-state index contributed by atoms with van der Waals surface area (Å²) in [6.07, 6.45) is 3.47. The Balaban J connectivity index is 1.74. The molecule has 7 heteroatoms. The van der Waals surface area contributed by atoms with Gasteiger partial charge in [-0.25, -0.2) is 4.39 Å². The molecule has 0 fully saturated rings. The van der Waals surface area contributed by atoms with Crippen LogP contribution in [0, 0.1) is 5.82 Å². The number of aryl methyl sites for hydroxylation is 1. The maximum absolute atomic E-state index is 13.4. The number of amides is 1. The number of carbonyl (C=O) groups excluding carboxylic acids is 1. The van der Waals surface area contributed by atoms with Crippen LogP contribution in [-0.2, 0) is 18.3 Å². The highest BCUT2D eigenvalue weighted by Gasteiger charge is 2.21. The van der Waals surface area contributed by atoms with E-state index in [1.54, 1.807) is 42.3 Å². The summed E-state index contributed by atoms with van der Waals surface area (Å²) >= 11 is 6.18. The summed E-state index contributed by atoms with van der Waals surface area (Å²) in [6.45, 7) is 0. The Kier molecular flexibility index (Phi) is 5.59. The van der Waals surface area contributed by atoms with Gasteiger partial charge in [-0.1, -0.05) is 29.8 Å². The zero-order chi connectivity index (χ0) is 21.1. The van der Waals surface area contributed by atoms with E-state index in [-0.39, 0.29) is 18.1 Å². The first-order chi connectivity index (χ1) is 14.5. The topological polar surface area (TPSA) is 59.8 Å². The number of hydrogen-bond acceptors (Lipinski definition) is 3. The summed E-state index contributed by atoms with van der Waals surface area (Å²) < 4.78 is 15.1. The molecule has 4 rings (SSSR count). The molecule has 4 aromatic rings. The molecule has 2 heterocycles. The number of nitrogens with zero attached hydrogens (tertiary/aromatic N) is 3. The Morgan fingerprint density at radius 3 is 2.43 bits per heavy atom. The van der Waals surface area contributed by atoms with Gasteiger partial charge in [-0.05, 0) is 53.6 Å². The number of rotatable bonds is 5. The van der Waals surface area contributed by atoms with E-state index >= 15 is 0 Å². The Labute approximate surface area is 178 Å². The van der Waals surface area contributed by atoms with Crippen molar-refractivity contribution in [1.29, 1.82) is 0 Å². The van der Waals surface area contributed by atoms with Crippen LogP contribution in [0.25, 0.3) is 22.4 Å². The van der Waals surface area contributed by atoms with Crippen molar-refractivity contribution in [1.82, 2.24) is 14.8 Å². The number of anilines is 1. The van der Waals surface area contributed by atoms with E-state index in [9.17, 15) is 9.18 Å². The molecule has 150 valence electrons. The molecule has 0 spiro atoms. The third-order valence-electron chi connectivity index (χ3n) is 4.70. The zero-order valence-corrected chi connectivity index (χ0v) is 16.9. The number of hydrogen-bond donors (Lipinski definition) is 1. The Morgan fingerprint density at radius 1 is 1.03 bits per heavy atom. The summed E-state index contributed by atoms with van der Waals surface area (Å²) in [7, 11) is 1.78. The molecule has 0 saturated heterocycles. The molecule has 0 unspecified atom stereocenters. The lowest BCUT2D eigenvalue weighted by molar-refractivity contribution is -0.115.